The molecule has 0 amide bonds. The lowest BCUT2D eigenvalue weighted by molar-refractivity contribution is 0.404. The highest BCUT2D eigenvalue weighted by Crippen LogP contribution is 2.21. The SMILES string of the molecule is C#C.CC.CCC.CNC.Oc1ccccc1O. The normalized spacial score (nSPS) is 6.44. The van der Waals surface area contributed by atoms with E-state index in [1.54, 1.807) is 12.1 Å². The molecule has 3 nitrogen and oxygen atoms in total. The van der Waals surface area contributed by atoms with E-state index < -0.39 is 0 Å². The number of benzene rings is 1. The molecular weight excluding hydrogens is 226 g/mol. The van der Waals surface area contributed by atoms with Crippen LogP contribution in [0.4, 0.5) is 0 Å². The summed E-state index contributed by atoms with van der Waals surface area (Å²) in [6.07, 6.45) is 9.25. The maximum atomic E-state index is 8.67. The molecule has 0 aliphatic heterocycles. The Hall–Kier alpha value is -1.66. The molecule has 0 saturated heterocycles. The largest absolute Gasteiger partial charge is 0.504 e. The standard InChI is InChI=1S/C6H6O2.C3H8.C2H7N.C2H6.C2H2/c7-5-3-1-2-4-6(5)8;2*1-3-2;2*1-2/h1-4,7-8H;3H2,1-2H3;3H,1-2H3;1-2H3;1-2H. The molecule has 0 unspecified atom stereocenters. The lowest BCUT2D eigenvalue weighted by Gasteiger charge is -1.91. The maximum absolute atomic E-state index is 8.67. The van der Waals surface area contributed by atoms with Crippen LogP contribution in [0.5, 0.6) is 11.5 Å². The Morgan fingerprint density at radius 2 is 1.11 bits per heavy atom. The van der Waals surface area contributed by atoms with Crippen molar-refractivity contribution in [2.75, 3.05) is 14.1 Å². The first-order valence-electron chi connectivity index (χ1n) is 6.02. The number of aromatic hydroxyl groups is 2. The summed E-state index contributed by atoms with van der Waals surface area (Å²) < 4.78 is 0. The second-order valence-corrected chi connectivity index (χ2v) is 2.70. The monoisotopic (exact) mass is 255 g/mol. The fraction of sp³-hybridized carbons (Fsp3) is 0.467. The Morgan fingerprint density at radius 3 is 1.22 bits per heavy atom. The van der Waals surface area contributed by atoms with Gasteiger partial charge in [0, 0.05) is 0 Å². The molecule has 106 valence electrons. The topological polar surface area (TPSA) is 52.5 Å². The number of terminal acetylenes is 1. The van der Waals surface area contributed by atoms with Crippen LogP contribution in [0, 0.1) is 12.8 Å². The molecule has 0 radical (unpaired) electrons. The zero-order valence-corrected chi connectivity index (χ0v) is 12.6. The molecule has 1 aromatic carbocycles. The van der Waals surface area contributed by atoms with Crippen LogP contribution in [0.3, 0.4) is 0 Å². The first kappa shape index (κ1) is 25.3. The molecular formula is C15H29NO2. The Labute approximate surface area is 113 Å². The van der Waals surface area contributed by atoms with Crippen LogP contribution in [-0.2, 0) is 0 Å². The Balaban J connectivity index is -0.0000000834. The van der Waals surface area contributed by atoms with E-state index in [2.05, 4.69) is 32.0 Å². The van der Waals surface area contributed by atoms with E-state index in [0.29, 0.717) is 0 Å². The zero-order valence-electron chi connectivity index (χ0n) is 12.6. The third kappa shape index (κ3) is 29.3. The summed E-state index contributed by atoms with van der Waals surface area (Å²) >= 11 is 0. The highest BCUT2D eigenvalue weighted by Gasteiger charge is 1.90. The van der Waals surface area contributed by atoms with Crippen molar-refractivity contribution >= 4 is 0 Å². The van der Waals surface area contributed by atoms with Gasteiger partial charge in [0.1, 0.15) is 0 Å². The number of nitrogens with one attached hydrogen (secondary N) is 1. The van der Waals surface area contributed by atoms with Gasteiger partial charge < -0.3 is 15.5 Å². The zero-order chi connectivity index (χ0) is 15.4. The van der Waals surface area contributed by atoms with Crippen LogP contribution in [0.25, 0.3) is 0 Å². The van der Waals surface area contributed by atoms with Gasteiger partial charge in [-0.15, -0.1) is 12.8 Å². The number of hydrogen-bond acceptors (Lipinski definition) is 3. The summed E-state index contributed by atoms with van der Waals surface area (Å²) in [5.41, 5.74) is 0. The van der Waals surface area contributed by atoms with Crippen molar-refractivity contribution < 1.29 is 10.2 Å². The lowest BCUT2D eigenvalue weighted by Crippen LogP contribution is -1.89. The summed E-state index contributed by atoms with van der Waals surface area (Å²) in [5.74, 6) is -0.153. The van der Waals surface area contributed by atoms with Gasteiger partial charge in [0.2, 0.25) is 0 Å². The second-order valence-electron chi connectivity index (χ2n) is 2.70. The smallest absolute Gasteiger partial charge is 0.157 e. The van der Waals surface area contributed by atoms with Crippen LogP contribution in [0.1, 0.15) is 34.1 Å². The number of phenols is 2. The van der Waals surface area contributed by atoms with Gasteiger partial charge in [0.25, 0.3) is 0 Å². The quantitative estimate of drug-likeness (QED) is 0.490. The molecule has 3 N–H and O–H groups in total. The fourth-order valence-electron chi connectivity index (χ4n) is 0.464. The summed E-state index contributed by atoms with van der Waals surface area (Å²) in [7, 11) is 3.75. The van der Waals surface area contributed by atoms with Crippen LogP contribution in [0.2, 0.25) is 0 Å². The third-order valence-electron chi connectivity index (χ3n) is 0.882. The molecule has 18 heavy (non-hydrogen) atoms. The van der Waals surface area contributed by atoms with Crippen molar-refractivity contribution in [3.05, 3.63) is 24.3 Å². The highest BCUT2D eigenvalue weighted by atomic mass is 16.3. The van der Waals surface area contributed by atoms with Gasteiger partial charge >= 0.3 is 0 Å². The maximum Gasteiger partial charge on any atom is 0.157 e. The van der Waals surface area contributed by atoms with E-state index in [1.165, 1.54) is 18.6 Å². The Bertz CT molecular complexity index is 224. The molecule has 1 rings (SSSR count). The predicted molar refractivity (Wildman–Crippen MR) is 82.0 cm³/mol. The van der Waals surface area contributed by atoms with Crippen molar-refractivity contribution in [1.29, 1.82) is 0 Å². The third-order valence-corrected chi connectivity index (χ3v) is 0.882. The van der Waals surface area contributed by atoms with Crippen molar-refractivity contribution in [1.82, 2.24) is 5.32 Å². The molecule has 0 aliphatic carbocycles. The minimum atomic E-state index is -0.0764. The minimum Gasteiger partial charge on any atom is -0.504 e. The molecule has 0 bridgehead atoms. The van der Waals surface area contributed by atoms with Crippen molar-refractivity contribution in [3.63, 3.8) is 0 Å². The first-order valence-corrected chi connectivity index (χ1v) is 6.02. The molecule has 0 spiro atoms. The average molecular weight is 255 g/mol. The molecule has 0 saturated carbocycles. The van der Waals surface area contributed by atoms with E-state index in [0.717, 1.165) is 0 Å². The van der Waals surface area contributed by atoms with E-state index in [1.807, 2.05) is 27.9 Å². The van der Waals surface area contributed by atoms with Gasteiger partial charge in [-0.25, -0.2) is 0 Å². The van der Waals surface area contributed by atoms with E-state index in [4.69, 9.17) is 10.2 Å². The van der Waals surface area contributed by atoms with Gasteiger partial charge in [-0.2, -0.15) is 0 Å². The molecule has 1 aromatic rings. The average Bonchev–Trinajstić information content (AvgIpc) is 2.40. The van der Waals surface area contributed by atoms with E-state index >= 15 is 0 Å². The van der Waals surface area contributed by atoms with E-state index in [9.17, 15) is 0 Å². The number of para-hydroxylation sites is 2. The van der Waals surface area contributed by atoms with E-state index in [-0.39, 0.29) is 11.5 Å². The number of rotatable bonds is 0. The molecule has 0 heterocycles. The molecule has 0 aliphatic rings. The number of phenolic OH excluding ortho intramolecular Hbond substituents is 2. The van der Waals surface area contributed by atoms with Gasteiger partial charge in [0.05, 0.1) is 0 Å². The highest BCUT2D eigenvalue weighted by molar-refractivity contribution is 5.36. The minimum absolute atomic E-state index is 0.0764. The Kier molecular flexibility index (Phi) is 41.4. The lowest BCUT2D eigenvalue weighted by atomic mass is 10.3. The van der Waals surface area contributed by atoms with Gasteiger partial charge in [-0.3, -0.25) is 0 Å². The fourth-order valence-corrected chi connectivity index (χ4v) is 0.464. The van der Waals surface area contributed by atoms with Crippen LogP contribution < -0.4 is 5.32 Å². The Morgan fingerprint density at radius 1 is 0.944 bits per heavy atom. The summed E-state index contributed by atoms with van der Waals surface area (Å²) in [5, 5.41) is 20.1. The summed E-state index contributed by atoms with van der Waals surface area (Å²) in [4.78, 5) is 0. The van der Waals surface area contributed by atoms with Gasteiger partial charge in [-0.1, -0.05) is 46.2 Å². The first-order chi connectivity index (χ1) is 8.63. The van der Waals surface area contributed by atoms with Crippen LogP contribution >= 0.6 is 0 Å². The van der Waals surface area contributed by atoms with Crippen LogP contribution in [-0.4, -0.2) is 24.3 Å². The predicted octanol–water partition coefficient (Wildman–Crippen LogP) is 3.63. The van der Waals surface area contributed by atoms with Crippen molar-refractivity contribution in [3.8, 4) is 24.3 Å². The summed E-state index contributed by atoms with van der Waals surface area (Å²) in [6, 6.07) is 6.15. The van der Waals surface area contributed by atoms with Gasteiger partial charge in [-0.05, 0) is 26.2 Å². The second kappa shape index (κ2) is 29.5. The van der Waals surface area contributed by atoms with Crippen LogP contribution in [0.15, 0.2) is 24.3 Å². The number of hydrogen-bond donors (Lipinski definition) is 3. The molecule has 0 fully saturated rings. The van der Waals surface area contributed by atoms with Crippen molar-refractivity contribution in [2.24, 2.45) is 0 Å². The summed E-state index contributed by atoms with van der Waals surface area (Å²) in [6.45, 7) is 8.25. The molecule has 0 aromatic heterocycles. The molecule has 3 heteroatoms. The van der Waals surface area contributed by atoms with Crippen molar-refractivity contribution in [2.45, 2.75) is 34.1 Å². The molecule has 0 atom stereocenters. The van der Waals surface area contributed by atoms with Gasteiger partial charge in [0.15, 0.2) is 11.5 Å².